The largest absolute Gasteiger partial charge is 0.496 e. The van der Waals surface area contributed by atoms with E-state index in [1.165, 1.54) is 23.7 Å². The van der Waals surface area contributed by atoms with Gasteiger partial charge in [0, 0.05) is 41.4 Å². The van der Waals surface area contributed by atoms with E-state index in [0.717, 1.165) is 83.1 Å². The molecule has 0 bridgehead atoms. The number of para-hydroxylation sites is 2. The second kappa shape index (κ2) is 14.9. The molecule has 4 nitrogen and oxygen atoms in total. The Balaban J connectivity index is 1.27. The third-order valence-electron chi connectivity index (χ3n) is 10.2. The van der Waals surface area contributed by atoms with E-state index < -0.39 is 0 Å². The number of hydrogen-bond acceptors (Lipinski definition) is 7. The molecule has 0 radical (unpaired) electrons. The van der Waals surface area contributed by atoms with E-state index in [2.05, 4.69) is 84.9 Å². The molecule has 0 atom stereocenters. The maximum absolute atomic E-state index is 10.4. The Bertz CT molecular complexity index is 2520. The van der Waals surface area contributed by atoms with Crippen LogP contribution in [0.15, 0.2) is 146 Å². The van der Waals surface area contributed by atoms with Gasteiger partial charge >= 0.3 is 0 Å². The molecule has 270 valence electrons. The molecule has 0 aliphatic carbocycles. The summed E-state index contributed by atoms with van der Waals surface area (Å²) < 4.78 is 16.8. The first-order chi connectivity index (χ1) is 27.1. The molecule has 7 heteroatoms. The van der Waals surface area contributed by atoms with Crippen molar-refractivity contribution in [3.8, 4) is 76.9 Å². The first-order valence-electron chi connectivity index (χ1n) is 18.0. The number of thiophene rings is 3. The van der Waals surface area contributed by atoms with Crippen molar-refractivity contribution in [3.05, 3.63) is 157 Å². The van der Waals surface area contributed by atoms with E-state index in [1.807, 2.05) is 94.7 Å². The van der Waals surface area contributed by atoms with Gasteiger partial charge in [0.15, 0.2) is 0 Å². The Morgan fingerprint density at radius 1 is 0.400 bits per heavy atom. The zero-order valence-corrected chi connectivity index (χ0v) is 32.7. The molecular weight excluding hydrogens is 737 g/mol. The zero-order chi connectivity index (χ0) is 37.5. The van der Waals surface area contributed by atoms with Crippen LogP contribution in [-0.2, 0) is 13.2 Å². The number of aliphatic hydroxyl groups excluding tert-OH is 2. The van der Waals surface area contributed by atoms with Crippen molar-refractivity contribution < 1.29 is 19.7 Å². The summed E-state index contributed by atoms with van der Waals surface area (Å²) in [6.45, 7) is -0.114. The Morgan fingerprint density at radius 2 is 0.745 bits per heavy atom. The van der Waals surface area contributed by atoms with Gasteiger partial charge in [-0.25, -0.2) is 0 Å². The van der Waals surface area contributed by atoms with Crippen LogP contribution in [0.1, 0.15) is 11.1 Å². The zero-order valence-electron chi connectivity index (χ0n) is 30.2. The standard InChI is InChI=1S/C48H36O4S3/c1-51-39-23-9-7-17-33(39)37-21-12-22-38(34-18-8-10-24-40(34)52-2)46(37)42-26-44-48(55-42)47-43(53-44)25-41(54-47)45-35(31-15-5-3-13-29(31)27-49)19-11-20-36(45)32-16-6-4-14-30(32)28-50/h3-26,49-50H,27-28H2,1-2H3. The highest BCUT2D eigenvalue weighted by Crippen LogP contribution is 2.54. The molecule has 0 spiro atoms. The Hall–Kier alpha value is -5.54. The van der Waals surface area contributed by atoms with E-state index in [4.69, 9.17) is 9.47 Å². The van der Waals surface area contributed by atoms with Crippen molar-refractivity contribution in [1.82, 2.24) is 0 Å². The van der Waals surface area contributed by atoms with Crippen LogP contribution in [0.3, 0.4) is 0 Å². The third kappa shape index (κ3) is 6.15. The molecular formula is C48H36O4S3. The Kier molecular flexibility index (Phi) is 9.56. The topological polar surface area (TPSA) is 58.9 Å². The number of hydrogen-bond donors (Lipinski definition) is 2. The van der Waals surface area contributed by atoms with Crippen LogP contribution in [0.2, 0.25) is 0 Å². The maximum Gasteiger partial charge on any atom is 0.126 e. The van der Waals surface area contributed by atoms with E-state index in [-0.39, 0.29) is 13.2 Å². The smallest absolute Gasteiger partial charge is 0.126 e. The fourth-order valence-electron chi connectivity index (χ4n) is 7.69. The van der Waals surface area contributed by atoms with Crippen molar-refractivity contribution >= 4 is 52.8 Å². The summed E-state index contributed by atoms with van der Waals surface area (Å²) >= 11 is 5.46. The van der Waals surface area contributed by atoms with Gasteiger partial charge in [-0.05, 0) is 68.8 Å². The maximum atomic E-state index is 10.4. The van der Waals surface area contributed by atoms with Crippen molar-refractivity contribution in [3.63, 3.8) is 0 Å². The van der Waals surface area contributed by atoms with Crippen molar-refractivity contribution in [2.75, 3.05) is 14.2 Å². The minimum absolute atomic E-state index is 0.0572. The second-order valence-electron chi connectivity index (χ2n) is 13.2. The molecule has 0 aliphatic rings. The van der Waals surface area contributed by atoms with Gasteiger partial charge in [-0.2, -0.15) is 0 Å². The molecule has 0 fully saturated rings. The van der Waals surface area contributed by atoms with Gasteiger partial charge in [-0.3, -0.25) is 0 Å². The predicted molar refractivity (Wildman–Crippen MR) is 233 cm³/mol. The number of rotatable bonds is 10. The van der Waals surface area contributed by atoms with Crippen LogP contribution in [0, 0.1) is 0 Å². The van der Waals surface area contributed by atoms with Gasteiger partial charge in [0.25, 0.3) is 0 Å². The average Bonchev–Trinajstić information content (AvgIpc) is 3.94. The molecule has 3 heterocycles. The third-order valence-corrected chi connectivity index (χ3v) is 14.0. The number of benzene rings is 6. The number of methoxy groups -OCH3 is 2. The molecule has 9 rings (SSSR count). The molecule has 0 unspecified atom stereocenters. The van der Waals surface area contributed by atoms with Crippen LogP contribution in [0.5, 0.6) is 11.5 Å². The van der Waals surface area contributed by atoms with Crippen LogP contribution >= 0.6 is 34.0 Å². The normalized spacial score (nSPS) is 11.4. The fraction of sp³-hybridized carbons (Fsp3) is 0.0833. The van der Waals surface area contributed by atoms with Gasteiger partial charge in [0.05, 0.1) is 36.8 Å². The molecule has 0 saturated heterocycles. The first kappa shape index (κ1) is 35.2. The predicted octanol–water partition coefficient (Wildman–Crippen LogP) is 13.2. The summed E-state index contributed by atoms with van der Waals surface area (Å²) in [5.41, 5.74) is 12.4. The fourth-order valence-corrected chi connectivity index (χ4v) is 11.9. The molecule has 9 aromatic rings. The van der Waals surface area contributed by atoms with Crippen LogP contribution < -0.4 is 9.47 Å². The molecule has 0 aliphatic heterocycles. The highest BCUT2D eigenvalue weighted by atomic mass is 32.1. The lowest BCUT2D eigenvalue weighted by atomic mass is 9.88. The summed E-state index contributed by atoms with van der Waals surface area (Å²) in [4.78, 5) is 2.32. The average molecular weight is 773 g/mol. The minimum atomic E-state index is -0.0572. The second-order valence-corrected chi connectivity index (χ2v) is 16.4. The highest BCUT2D eigenvalue weighted by Gasteiger charge is 2.24. The molecule has 6 aromatic carbocycles. The summed E-state index contributed by atoms with van der Waals surface area (Å²) in [7, 11) is 3.45. The van der Waals surface area contributed by atoms with Gasteiger partial charge in [0.1, 0.15) is 11.5 Å². The van der Waals surface area contributed by atoms with Gasteiger partial charge in [-0.15, -0.1) is 34.0 Å². The van der Waals surface area contributed by atoms with Crippen LogP contribution in [0.4, 0.5) is 0 Å². The summed E-state index contributed by atoms with van der Waals surface area (Å²) in [5.74, 6) is 1.65. The van der Waals surface area contributed by atoms with Crippen LogP contribution in [0.25, 0.3) is 84.2 Å². The lowest BCUT2D eigenvalue weighted by Gasteiger charge is -2.18. The van der Waals surface area contributed by atoms with Crippen molar-refractivity contribution in [2.24, 2.45) is 0 Å². The first-order valence-corrected chi connectivity index (χ1v) is 20.4. The van der Waals surface area contributed by atoms with E-state index in [0.29, 0.717) is 0 Å². The molecule has 3 aromatic heterocycles. The Labute approximate surface area is 331 Å². The summed E-state index contributed by atoms with van der Waals surface area (Å²) in [6, 6.07) is 50.1. The molecule has 2 N–H and O–H groups in total. The van der Waals surface area contributed by atoms with E-state index in [9.17, 15) is 10.2 Å². The number of ether oxygens (including phenoxy) is 2. The lowest BCUT2D eigenvalue weighted by molar-refractivity contribution is 0.282. The minimum Gasteiger partial charge on any atom is -0.496 e. The monoisotopic (exact) mass is 772 g/mol. The number of aliphatic hydroxyl groups is 2. The van der Waals surface area contributed by atoms with Gasteiger partial charge in [0.2, 0.25) is 0 Å². The molecule has 55 heavy (non-hydrogen) atoms. The quantitative estimate of drug-likeness (QED) is 0.145. The van der Waals surface area contributed by atoms with Crippen molar-refractivity contribution in [2.45, 2.75) is 13.2 Å². The van der Waals surface area contributed by atoms with Crippen molar-refractivity contribution in [1.29, 1.82) is 0 Å². The SMILES string of the molecule is COc1ccccc1-c1cccc(-c2ccccc2OC)c1-c1cc2sc3cc(-c4c(-c5ccccc5CO)cccc4-c4ccccc4CO)sc3c2s1. The van der Waals surface area contributed by atoms with E-state index >= 15 is 0 Å². The number of fused-ring (bicyclic) bond motifs is 3. The van der Waals surface area contributed by atoms with E-state index in [1.54, 1.807) is 14.2 Å². The Morgan fingerprint density at radius 3 is 1.15 bits per heavy atom. The molecule has 0 amide bonds. The van der Waals surface area contributed by atoms with Gasteiger partial charge in [-0.1, -0.05) is 121 Å². The summed E-state index contributed by atoms with van der Waals surface area (Å²) in [6.07, 6.45) is 0. The van der Waals surface area contributed by atoms with Gasteiger partial charge < -0.3 is 19.7 Å². The summed E-state index contributed by atoms with van der Waals surface area (Å²) in [5, 5.41) is 20.8. The highest BCUT2D eigenvalue weighted by molar-refractivity contribution is 7.40. The van der Waals surface area contributed by atoms with Crippen LogP contribution in [-0.4, -0.2) is 24.4 Å². The molecule has 0 saturated carbocycles. The lowest BCUT2D eigenvalue weighted by Crippen LogP contribution is -1.95.